The molecule has 0 aliphatic rings. The fourth-order valence-corrected chi connectivity index (χ4v) is 2.14. The summed E-state index contributed by atoms with van der Waals surface area (Å²) in [7, 11) is 1.80. The van der Waals surface area contributed by atoms with E-state index in [4.69, 9.17) is 4.74 Å². The second-order valence-electron chi connectivity index (χ2n) is 5.35. The standard InChI is InChI=1S/C16H21N3O2/c1-10(2)21-15-8-6-7-14(11(15)3)17-16(20)13-9-19(5)18-12(13)4/h6-10H,1-5H3,(H,17,20). The van der Waals surface area contributed by atoms with Crippen LogP contribution in [0.25, 0.3) is 0 Å². The van der Waals surface area contributed by atoms with Gasteiger partial charge in [0.05, 0.1) is 17.4 Å². The number of aromatic nitrogens is 2. The van der Waals surface area contributed by atoms with E-state index in [1.54, 1.807) is 17.9 Å². The summed E-state index contributed by atoms with van der Waals surface area (Å²) >= 11 is 0. The van der Waals surface area contributed by atoms with Crippen LogP contribution < -0.4 is 10.1 Å². The van der Waals surface area contributed by atoms with E-state index in [1.165, 1.54) is 0 Å². The number of anilines is 1. The van der Waals surface area contributed by atoms with E-state index in [0.717, 1.165) is 17.0 Å². The predicted octanol–water partition coefficient (Wildman–Crippen LogP) is 3.08. The van der Waals surface area contributed by atoms with Crippen LogP contribution in [0.5, 0.6) is 5.75 Å². The van der Waals surface area contributed by atoms with Crippen LogP contribution in [0.1, 0.15) is 35.5 Å². The average Bonchev–Trinajstić information content (AvgIpc) is 2.73. The molecule has 0 saturated carbocycles. The van der Waals surface area contributed by atoms with Gasteiger partial charge in [-0.15, -0.1) is 0 Å². The van der Waals surface area contributed by atoms with Crippen LogP contribution in [0.15, 0.2) is 24.4 Å². The fourth-order valence-electron chi connectivity index (χ4n) is 2.14. The van der Waals surface area contributed by atoms with Crippen LogP contribution in [-0.2, 0) is 7.05 Å². The number of amides is 1. The van der Waals surface area contributed by atoms with Crippen LogP contribution >= 0.6 is 0 Å². The molecule has 0 radical (unpaired) electrons. The molecule has 0 aliphatic carbocycles. The number of carbonyl (C=O) groups is 1. The molecular formula is C16H21N3O2. The molecule has 1 aromatic carbocycles. The zero-order chi connectivity index (χ0) is 15.6. The Balaban J connectivity index is 2.23. The van der Waals surface area contributed by atoms with Gasteiger partial charge in [0.1, 0.15) is 5.75 Å². The van der Waals surface area contributed by atoms with E-state index >= 15 is 0 Å². The topological polar surface area (TPSA) is 56.2 Å². The first-order valence-corrected chi connectivity index (χ1v) is 6.96. The number of carbonyl (C=O) groups excluding carboxylic acids is 1. The smallest absolute Gasteiger partial charge is 0.259 e. The van der Waals surface area contributed by atoms with Gasteiger partial charge in [0.2, 0.25) is 0 Å². The monoisotopic (exact) mass is 287 g/mol. The lowest BCUT2D eigenvalue weighted by Gasteiger charge is -2.15. The van der Waals surface area contributed by atoms with Gasteiger partial charge in [-0.3, -0.25) is 9.48 Å². The summed E-state index contributed by atoms with van der Waals surface area (Å²) in [6.07, 6.45) is 1.81. The van der Waals surface area contributed by atoms with Gasteiger partial charge in [0.15, 0.2) is 0 Å². The summed E-state index contributed by atoms with van der Waals surface area (Å²) in [4.78, 5) is 12.3. The number of nitrogens with zero attached hydrogens (tertiary/aromatic N) is 2. The first kappa shape index (κ1) is 15.1. The molecule has 1 aromatic heterocycles. The highest BCUT2D eigenvalue weighted by atomic mass is 16.5. The molecular weight excluding hydrogens is 266 g/mol. The van der Waals surface area contributed by atoms with Crippen LogP contribution in [0.2, 0.25) is 0 Å². The summed E-state index contributed by atoms with van der Waals surface area (Å²) in [5.74, 6) is 0.621. The van der Waals surface area contributed by atoms with Crippen molar-refractivity contribution in [3.8, 4) is 5.75 Å². The lowest BCUT2D eigenvalue weighted by Crippen LogP contribution is -2.14. The van der Waals surface area contributed by atoms with Crippen molar-refractivity contribution in [3.63, 3.8) is 0 Å². The van der Waals surface area contributed by atoms with E-state index in [-0.39, 0.29) is 12.0 Å². The molecule has 0 unspecified atom stereocenters. The van der Waals surface area contributed by atoms with Crippen LogP contribution in [0, 0.1) is 13.8 Å². The highest BCUT2D eigenvalue weighted by molar-refractivity contribution is 6.05. The molecule has 2 rings (SSSR count). The zero-order valence-electron chi connectivity index (χ0n) is 13.1. The Morgan fingerprint density at radius 2 is 2.05 bits per heavy atom. The van der Waals surface area contributed by atoms with Crippen molar-refractivity contribution in [3.05, 3.63) is 41.2 Å². The normalized spacial score (nSPS) is 10.8. The lowest BCUT2D eigenvalue weighted by atomic mass is 10.1. The molecule has 5 nitrogen and oxygen atoms in total. The minimum Gasteiger partial charge on any atom is -0.491 e. The Morgan fingerprint density at radius 1 is 1.33 bits per heavy atom. The lowest BCUT2D eigenvalue weighted by molar-refractivity contribution is 0.102. The van der Waals surface area contributed by atoms with Crippen molar-refractivity contribution < 1.29 is 9.53 Å². The maximum atomic E-state index is 12.3. The molecule has 5 heteroatoms. The fraction of sp³-hybridized carbons (Fsp3) is 0.375. The van der Waals surface area contributed by atoms with Crippen molar-refractivity contribution in [1.82, 2.24) is 9.78 Å². The third-order valence-electron chi connectivity index (χ3n) is 3.15. The SMILES string of the molecule is Cc1nn(C)cc1C(=O)Nc1cccc(OC(C)C)c1C. The number of benzene rings is 1. The van der Waals surface area contributed by atoms with Gasteiger partial charge in [-0.1, -0.05) is 6.07 Å². The van der Waals surface area contributed by atoms with Gasteiger partial charge >= 0.3 is 0 Å². The maximum Gasteiger partial charge on any atom is 0.259 e. The second kappa shape index (κ2) is 5.99. The summed E-state index contributed by atoms with van der Waals surface area (Å²) in [6.45, 7) is 7.71. The van der Waals surface area contributed by atoms with Gasteiger partial charge in [-0.25, -0.2) is 0 Å². The zero-order valence-corrected chi connectivity index (χ0v) is 13.1. The molecule has 0 spiro atoms. The first-order chi connectivity index (χ1) is 9.88. The van der Waals surface area contributed by atoms with Gasteiger partial charge in [0.25, 0.3) is 5.91 Å². The van der Waals surface area contributed by atoms with Gasteiger partial charge in [0, 0.05) is 24.5 Å². The van der Waals surface area contributed by atoms with Crippen molar-refractivity contribution >= 4 is 11.6 Å². The van der Waals surface area contributed by atoms with E-state index < -0.39 is 0 Å². The summed E-state index contributed by atoms with van der Waals surface area (Å²) in [5, 5.41) is 7.11. The molecule has 0 aliphatic heterocycles. The number of ether oxygens (including phenoxy) is 1. The molecule has 2 aromatic rings. The minimum absolute atomic E-state index is 0.0928. The third-order valence-corrected chi connectivity index (χ3v) is 3.15. The Morgan fingerprint density at radius 3 is 2.62 bits per heavy atom. The molecule has 0 saturated heterocycles. The summed E-state index contributed by atoms with van der Waals surface area (Å²) in [5.41, 5.74) is 2.96. The molecule has 1 N–H and O–H groups in total. The van der Waals surface area contributed by atoms with Crippen LogP contribution in [-0.4, -0.2) is 21.8 Å². The number of aryl methyl sites for hydroxylation is 2. The first-order valence-electron chi connectivity index (χ1n) is 6.96. The number of nitrogens with one attached hydrogen (secondary N) is 1. The van der Waals surface area contributed by atoms with Crippen LogP contribution in [0.4, 0.5) is 5.69 Å². The molecule has 21 heavy (non-hydrogen) atoms. The average molecular weight is 287 g/mol. The number of hydrogen-bond acceptors (Lipinski definition) is 3. The van der Waals surface area contributed by atoms with E-state index in [1.807, 2.05) is 45.9 Å². The Hall–Kier alpha value is -2.30. The van der Waals surface area contributed by atoms with Gasteiger partial charge in [-0.2, -0.15) is 5.10 Å². The van der Waals surface area contributed by atoms with Crippen molar-refractivity contribution in [2.45, 2.75) is 33.8 Å². The van der Waals surface area contributed by atoms with Crippen molar-refractivity contribution in [2.24, 2.45) is 7.05 Å². The highest BCUT2D eigenvalue weighted by Gasteiger charge is 2.15. The van der Waals surface area contributed by atoms with Crippen molar-refractivity contribution in [1.29, 1.82) is 0 Å². The van der Waals surface area contributed by atoms with Crippen molar-refractivity contribution in [2.75, 3.05) is 5.32 Å². The molecule has 0 bridgehead atoms. The molecule has 1 heterocycles. The largest absolute Gasteiger partial charge is 0.491 e. The highest BCUT2D eigenvalue weighted by Crippen LogP contribution is 2.26. The summed E-state index contributed by atoms with van der Waals surface area (Å²) in [6, 6.07) is 5.64. The third kappa shape index (κ3) is 3.42. The summed E-state index contributed by atoms with van der Waals surface area (Å²) < 4.78 is 7.37. The van der Waals surface area contributed by atoms with Gasteiger partial charge in [-0.05, 0) is 39.8 Å². The van der Waals surface area contributed by atoms with Crippen LogP contribution in [0.3, 0.4) is 0 Å². The maximum absolute atomic E-state index is 12.3. The molecule has 112 valence electrons. The minimum atomic E-state index is -0.162. The Kier molecular flexibility index (Phi) is 4.31. The number of hydrogen-bond donors (Lipinski definition) is 1. The number of rotatable bonds is 4. The molecule has 1 amide bonds. The Bertz CT molecular complexity index is 660. The Labute approximate surface area is 124 Å². The van der Waals surface area contributed by atoms with E-state index in [2.05, 4.69) is 10.4 Å². The quantitative estimate of drug-likeness (QED) is 0.940. The van der Waals surface area contributed by atoms with E-state index in [9.17, 15) is 4.79 Å². The van der Waals surface area contributed by atoms with E-state index in [0.29, 0.717) is 11.3 Å². The molecule has 0 atom stereocenters. The molecule has 0 fully saturated rings. The second-order valence-corrected chi connectivity index (χ2v) is 5.35. The van der Waals surface area contributed by atoms with Gasteiger partial charge < -0.3 is 10.1 Å². The predicted molar refractivity (Wildman–Crippen MR) is 82.8 cm³/mol.